The van der Waals surface area contributed by atoms with E-state index in [1.807, 2.05) is 24.3 Å². The third-order valence-corrected chi connectivity index (χ3v) is 3.99. The van der Waals surface area contributed by atoms with E-state index in [9.17, 15) is 5.11 Å². The lowest BCUT2D eigenvalue weighted by molar-refractivity contribution is 0.180. The molecule has 0 spiro atoms. The minimum Gasteiger partial charge on any atom is -0.393 e. The van der Waals surface area contributed by atoms with Crippen LogP contribution in [0.1, 0.15) is 25.1 Å². The molecule has 0 amide bonds. The zero-order chi connectivity index (χ0) is 13.7. The van der Waals surface area contributed by atoms with E-state index >= 15 is 0 Å². The van der Waals surface area contributed by atoms with Crippen molar-refractivity contribution in [1.82, 2.24) is 10.1 Å². The molecule has 102 valence electrons. The Hall–Kier alpha value is -1.04. The Morgan fingerprint density at radius 2 is 2.21 bits per heavy atom. The molecule has 4 nitrogen and oxygen atoms in total. The fourth-order valence-electron chi connectivity index (χ4n) is 1.49. The van der Waals surface area contributed by atoms with Gasteiger partial charge in [0.1, 0.15) is 0 Å². The second-order valence-electron chi connectivity index (χ2n) is 4.21. The van der Waals surface area contributed by atoms with Gasteiger partial charge in [-0.2, -0.15) is 4.98 Å². The third kappa shape index (κ3) is 4.53. The fourth-order valence-corrected chi connectivity index (χ4v) is 2.57. The van der Waals surface area contributed by atoms with Crippen LogP contribution < -0.4 is 0 Å². The van der Waals surface area contributed by atoms with Crippen LogP contribution in [0.15, 0.2) is 33.7 Å². The standard InChI is InChI=1S/C13H15ClN2O2S/c1-9(17)6-7-13-15-12(16-18-13)8-19-11-5-3-2-4-10(11)14/h2-5,9,17H,6-8H2,1H3. The first kappa shape index (κ1) is 14.4. The Kier molecular flexibility index (Phi) is 5.24. The highest BCUT2D eigenvalue weighted by Gasteiger charge is 2.09. The monoisotopic (exact) mass is 298 g/mol. The molecule has 1 heterocycles. The lowest BCUT2D eigenvalue weighted by Crippen LogP contribution is -2.01. The summed E-state index contributed by atoms with van der Waals surface area (Å²) in [6.07, 6.45) is 0.869. The third-order valence-electron chi connectivity index (χ3n) is 2.48. The topological polar surface area (TPSA) is 59.2 Å². The van der Waals surface area contributed by atoms with E-state index in [0.29, 0.717) is 30.3 Å². The van der Waals surface area contributed by atoms with Gasteiger partial charge in [-0.3, -0.25) is 0 Å². The van der Waals surface area contributed by atoms with E-state index < -0.39 is 0 Å². The molecular formula is C13H15ClN2O2S. The first-order valence-corrected chi connectivity index (χ1v) is 7.38. The maximum absolute atomic E-state index is 9.19. The van der Waals surface area contributed by atoms with Crippen LogP contribution in [0, 0.1) is 0 Å². The molecule has 19 heavy (non-hydrogen) atoms. The lowest BCUT2D eigenvalue weighted by Gasteiger charge is -2.00. The van der Waals surface area contributed by atoms with Crippen LogP contribution in [0.3, 0.4) is 0 Å². The minimum absolute atomic E-state index is 0.354. The average Bonchev–Trinajstić information content (AvgIpc) is 2.83. The number of aliphatic hydroxyl groups is 1. The van der Waals surface area contributed by atoms with Gasteiger partial charge in [0.2, 0.25) is 5.89 Å². The quantitative estimate of drug-likeness (QED) is 0.829. The van der Waals surface area contributed by atoms with E-state index in [0.717, 1.165) is 9.92 Å². The molecule has 1 unspecified atom stereocenters. The SMILES string of the molecule is CC(O)CCc1nc(CSc2ccccc2Cl)no1. The Morgan fingerprint density at radius 1 is 1.42 bits per heavy atom. The highest BCUT2D eigenvalue weighted by molar-refractivity contribution is 7.98. The van der Waals surface area contributed by atoms with Crippen molar-refractivity contribution in [3.05, 3.63) is 41.0 Å². The number of aromatic nitrogens is 2. The first-order chi connectivity index (χ1) is 9.15. The van der Waals surface area contributed by atoms with E-state index in [1.54, 1.807) is 18.7 Å². The summed E-state index contributed by atoms with van der Waals surface area (Å²) in [7, 11) is 0. The van der Waals surface area contributed by atoms with Crippen LogP contribution in [-0.2, 0) is 12.2 Å². The second-order valence-corrected chi connectivity index (χ2v) is 5.64. The summed E-state index contributed by atoms with van der Waals surface area (Å²) in [5.41, 5.74) is 0. The van der Waals surface area contributed by atoms with E-state index in [-0.39, 0.29) is 6.10 Å². The summed E-state index contributed by atoms with van der Waals surface area (Å²) in [5.74, 6) is 1.82. The number of thioether (sulfide) groups is 1. The predicted octanol–water partition coefficient (Wildman–Crippen LogP) is 3.33. The molecule has 0 aliphatic rings. The molecule has 1 N–H and O–H groups in total. The molecule has 6 heteroatoms. The predicted molar refractivity (Wildman–Crippen MR) is 75.3 cm³/mol. The van der Waals surface area contributed by atoms with Crippen molar-refractivity contribution in [2.75, 3.05) is 0 Å². The van der Waals surface area contributed by atoms with Crippen molar-refractivity contribution in [1.29, 1.82) is 0 Å². The highest BCUT2D eigenvalue weighted by atomic mass is 35.5. The normalized spacial score (nSPS) is 12.6. The minimum atomic E-state index is -0.354. The van der Waals surface area contributed by atoms with Crippen LogP contribution in [0.2, 0.25) is 5.02 Å². The number of aryl methyl sites for hydroxylation is 1. The summed E-state index contributed by atoms with van der Waals surface area (Å²) in [5, 5.41) is 13.8. The number of hydrogen-bond acceptors (Lipinski definition) is 5. The fraction of sp³-hybridized carbons (Fsp3) is 0.385. The van der Waals surface area contributed by atoms with Crippen LogP contribution >= 0.6 is 23.4 Å². The Morgan fingerprint density at radius 3 is 2.95 bits per heavy atom. The zero-order valence-electron chi connectivity index (χ0n) is 10.5. The maximum atomic E-state index is 9.19. The van der Waals surface area contributed by atoms with Crippen molar-refractivity contribution in [2.24, 2.45) is 0 Å². The van der Waals surface area contributed by atoms with Gasteiger partial charge < -0.3 is 9.63 Å². The van der Waals surface area contributed by atoms with Crippen LogP contribution in [0.25, 0.3) is 0 Å². The van der Waals surface area contributed by atoms with Gasteiger partial charge >= 0.3 is 0 Å². The molecule has 0 radical (unpaired) electrons. The van der Waals surface area contributed by atoms with Crippen molar-refractivity contribution < 1.29 is 9.63 Å². The number of hydrogen-bond donors (Lipinski definition) is 1. The number of rotatable bonds is 6. The number of aliphatic hydroxyl groups excluding tert-OH is 1. The summed E-state index contributed by atoms with van der Waals surface area (Å²) in [6.45, 7) is 1.74. The van der Waals surface area contributed by atoms with Gasteiger partial charge in [-0.15, -0.1) is 11.8 Å². The molecule has 0 saturated heterocycles. The highest BCUT2D eigenvalue weighted by Crippen LogP contribution is 2.28. The molecule has 0 aliphatic heterocycles. The summed E-state index contributed by atoms with van der Waals surface area (Å²) in [4.78, 5) is 5.27. The number of halogens is 1. The molecular weight excluding hydrogens is 284 g/mol. The molecule has 1 aromatic heterocycles. The average molecular weight is 299 g/mol. The molecule has 1 atom stereocenters. The van der Waals surface area contributed by atoms with Gasteiger partial charge in [0.25, 0.3) is 0 Å². The molecule has 2 aromatic rings. The van der Waals surface area contributed by atoms with Gasteiger partial charge in [0, 0.05) is 11.3 Å². The van der Waals surface area contributed by atoms with Gasteiger partial charge in [-0.25, -0.2) is 0 Å². The van der Waals surface area contributed by atoms with E-state index in [1.165, 1.54) is 0 Å². The number of nitrogens with zero attached hydrogens (tertiary/aromatic N) is 2. The summed E-state index contributed by atoms with van der Waals surface area (Å²) >= 11 is 7.64. The molecule has 0 aliphatic carbocycles. The first-order valence-electron chi connectivity index (χ1n) is 6.02. The Labute approximate surface area is 121 Å². The smallest absolute Gasteiger partial charge is 0.226 e. The van der Waals surface area contributed by atoms with Gasteiger partial charge in [-0.1, -0.05) is 28.9 Å². The van der Waals surface area contributed by atoms with Crippen molar-refractivity contribution in [2.45, 2.75) is 36.5 Å². The zero-order valence-corrected chi connectivity index (χ0v) is 12.1. The van der Waals surface area contributed by atoms with E-state index in [2.05, 4.69) is 10.1 Å². The Bertz CT molecular complexity index is 531. The van der Waals surface area contributed by atoms with Gasteiger partial charge in [0.05, 0.1) is 16.9 Å². The van der Waals surface area contributed by atoms with Gasteiger partial charge in [-0.05, 0) is 25.5 Å². The maximum Gasteiger partial charge on any atom is 0.226 e. The second kappa shape index (κ2) is 6.93. The molecule has 2 rings (SSSR count). The lowest BCUT2D eigenvalue weighted by atomic mass is 10.2. The molecule has 0 bridgehead atoms. The van der Waals surface area contributed by atoms with Crippen molar-refractivity contribution in [3.8, 4) is 0 Å². The Balaban J connectivity index is 1.88. The number of benzene rings is 1. The molecule has 1 aromatic carbocycles. The van der Waals surface area contributed by atoms with Crippen LogP contribution in [-0.4, -0.2) is 21.4 Å². The van der Waals surface area contributed by atoms with Crippen LogP contribution in [0.4, 0.5) is 0 Å². The van der Waals surface area contributed by atoms with E-state index in [4.69, 9.17) is 16.1 Å². The van der Waals surface area contributed by atoms with Crippen molar-refractivity contribution >= 4 is 23.4 Å². The van der Waals surface area contributed by atoms with Crippen molar-refractivity contribution in [3.63, 3.8) is 0 Å². The molecule has 0 saturated carbocycles. The summed E-state index contributed by atoms with van der Waals surface area (Å²) < 4.78 is 5.12. The van der Waals surface area contributed by atoms with Crippen LogP contribution in [0.5, 0.6) is 0 Å². The summed E-state index contributed by atoms with van der Waals surface area (Å²) in [6, 6.07) is 7.66. The molecule has 0 fully saturated rings. The van der Waals surface area contributed by atoms with Gasteiger partial charge in [0.15, 0.2) is 5.82 Å². The largest absolute Gasteiger partial charge is 0.393 e.